The maximum Gasteiger partial charge on any atom is 0.122 e. The summed E-state index contributed by atoms with van der Waals surface area (Å²) in [6.45, 7) is 7.46. The van der Waals surface area contributed by atoms with Crippen molar-refractivity contribution in [3.8, 4) is 28.0 Å². The summed E-state index contributed by atoms with van der Waals surface area (Å²) in [6, 6.07) is 15.6. The quantitative estimate of drug-likeness (QED) is 0.520. The van der Waals surface area contributed by atoms with Gasteiger partial charge in [-0.1, -0.05) is 38.1 Å². The predicted molar refractivity (Wildman–Crippen MR) is 116 cm³/mol. The third-order valence-corrected chi connectivity index (χ3v) is 5.81. The number of fused-ring (bicyclic) bond motifs is 1. The number of hydrogen-bond acceptors (Lipinski definition) is 2. The van der Waals surface area contributed by atoms with Crippen LogP contribution in [0.25, 0.3) is 27.8 Å². The van der Waals surface area contributed by atoms with Crippen molar-refractivity contribution in [1.82, 2.24) is 4.98 Å². The van der Waals surface area contributed by atoms with E-state index in [1.165, 1.54) is 50.2 Å². The number of ether oxygens (including phenoxy) is 1. The Bertz CT molecular complexity index is 1110. The number of aryl methyl sites for hydroxylation is 1. The monoisotopic (exact) mass is 367 g/mol. The minimum atomic E-state index is 0.414. The molecule has 2 heteroatoms. The molecule has 1 aliphatic heterocycles. The number of hydrogen-bond donors (Lipinski definition) is 0. The summed E-state index contributed by atoms with van der Waals surface area (Å²) in [6.07, 6.45) is 6.37. The first kappa shape index (κ1) is 17.2. The van der Waals surface area contributed by atoms with Crippen LogP contribution in [0.5, 0.6) is 5.75 Å². The van der Waals surface area contributed by atoms with Gasteiger partial charge in [-0.3, -0.25) is 4.98 Å². The highest BCUT2D eigenvalue weighted by atomic mass is 16.5. The van der Waals surface area contributed by atoms with Crippen molar-refractivity contribution in [3.63, 3.8) is 0 Å². The Morgan fingerprint density at radius 1 is 0.964 bits per heavy atom. The third-order valence-electron chi connectivity index (χ3n) is 5.81. The van der Waals surface area contributed by atoms with Gasteiger partial charge in [0.1, 0.15) is 5.75 Å². The van der Waals surface area contributed by atoms with E-state index in [9.17, 15) is 0 Å². The summed E-state index contributed by atoms with van der Waals surface area (Å²) in [5, 5.41) is 0. The van der Waals surface area contributed by atoms with E-state index < -0.39 is 0 Å². The second kappa shape index (κ2) is 6.63. The van der Waals surface area contributed by atoms with Gasteiger partial charge in [-0.2, -0.15) is 0 Å². The van der Waals surface area contributed by atoms with E-state index in [-0.39, 0.29) is 0 Å². The summed E-state index contributed by atoms with van der Waals surface area (Å²) >= 11 is 0. The van der Waals surface area contributed by atoms with Crippen molar-refractivity contribution in [2.45, 2.75) is 39.5 Å². The second-order valence-electron chi connectivity index (χ2n) is 8.16. The lowest BCUT2D eigenvalue weighted by atomic mass is 9.89. The summed E-state index contributed by atoms with van der Waals surface area (Å²) < 4.78 is 5.67. The van der Waals surface area contributed by atoms with E-state index in [4.69, 9.17) is 9.72 Å². The van der Waals surface area contributed by atoms with Gasteiger partial charge in [0, 0.05) is 18.2 Å². The van der Waals surface area contributed by atoms with Gasteiger partial charge in [-0.25, -0.2) is 0 Å². The van der Waals surface area contributed by atoms with E-state index in [1.54, 1.807) is 0 Å². The normalized spacial score (nSPS) is 14.6. The molecule has 28 heavy (non-hydrogen) atoms. The molecule has 0 saturated carbocycles. The maximum atomic E-state index is 5.67. The minimum absolute atomic E-state index is 0.414. The molecule has 2 aliphatic rings. The van der Waals surface area contributed by atoms with Crippen LogP contribution in [0.15, 0.2) is 54.7 Å². The van der Waals surface area contributed by atoms with Crippen molar-refractivity contribution >= 4 is 5.57 Å². The SMILES string of the molecule is Cc1ccc(-c2ccc3c(c2)CCO3)cc1-c1ccnc(C(C)C)c1C1=CC1. The summed E-state index contributed by atoms with van der Waals surface area (Å²) in [5.74, 6) is 1.45. The molecule has 140 valence electrons. The maximum absolute atomic E-state index is 5.67. The molecule has 0 atom stereocenters. The smallest absolute Gasteiger partial charge is 0.122 e. The van der Waals surface area contributed by atoms with Gasteiger partial charge in [0.2, 0.25) is 0 Å². The van der Waals surface area contributed by atoms with Gasteiger partial charge >= 0.3 is 0 Å². The lowest BCUT2D eigenvalue weighted by Crippen LogP contribution is -2.00. The molecular weight excluding hydrogens is 342 g/mol. The Morgan fingerprint density at radius 2 is 1.75 bits per heavy atom. The Hall–Kier alpha value is -2.87. The standard InChI is InChI=1S/C26H25NO/c1-16(2)26-25(18-6-7-18)22(10-12-27-26)23-15-20(5-4-17(23)3)19-8-9-24-21(14-19)11-13-28-24/h4-6,8-10,12,14-16H,7,11,13H2,1-3H3. The van der Waals surface area contributed by atoms with Crippen LogP contribution in [0.4, 0.5) is 0 Å². The van der Waals surface area contributed by atoms with Crippen LogP contribution >= 0.6 is 0 Å². The van der Waals surface area contributed by atoms with Crippen LogP contribution in [0.3, 0.4) is 0 Å². The molecular formula is C26H25NO. The number of pyridine rings is 1. The first-order valence-electron chi connectivity index (χ1n) is 10.2. The van der Waals surface area contributed by atoms with Crippen LogP contribution in [0.1, 0.15) is 48.6 Å². The molecule has 2 heterocycles. The van der Waals surface area contributed by atoms with Crippen LogP contribution < -0.4 is 4.74 Å². The second-order valence-corrected chi connectivity index (χ2v) is 8.16. The van der Waals surface area contributed by atoms with E-state index in [1.807, 2.05) is 6.20 Å². The number of rotatable bonds is 4. The van der Waals surface area contributed by atoms with E-state index >= 15 is 0 Å². The molecule has 1 aromatic heterocycles. The third kappa shape index (κ3) is 2.93. The summed E-state index contributed by atoms with van der Waals surface area (Å²) in [7, 11) is 0. The van der Waals surface area contributed by atoms with Crippen LogP contribution in [-0.4, -0.2) is 11.6 Å². The van der Waals surface area contributed by atoms with Crippen molar-refractivity contribution in [2.24, 2.45) is 0 Å². The fourth-order valence-corrected chi connectivity index (χ4v) is 4.19. The highest BCUT2D eigenvalue weighted by Crippen LogP contribution is 2.43. The Balaban J connectivity index is 1.65. The zero-order valence-corrected chi connectivity index (χ0v) is 16.8. The van der Waals surface area contributed by atoms with Gasteiger partial charge in [-0.15, -0.1) is 0 Å². The fourth-order valence-electron chi connectivity index (χ4n) is 4.19. The number of aromatic nitrogens is 1. The minimum Gasteiger partial charge on any atom is -0.493 e. The average Bonchev–Trinajstić information content (AvgIpc) is 3.44. The molecule has 2 aromatic carbocycles. The van der Waals surface area contributed by atoms with Gasteiger partial charge in [0.25, 0.3) is 0 Å². The molecule has 0 radical (unpaired) electrons. The Kier molecular flexibility index (Phi) is 4.08. The van der Waals surface area contributed by atoms with Gasteiger partial charge in [0.15, 0.2) is 0 Å². The molecule has 0 amide bonds. The molecule has 0 spiro atoms. The van der Waals surface area contributed by atoms with Gasteiger partial charge in [0.05, 0.1) is 12.3 Å². The van der Waals surface area contributed by atoms with Crippen molar-refractivity contribution in [2.75, 3.05) is 6.61 Å². The fraction of sp³-hybridized carbons (Fsp3) is 0.269. The van der Waals surface area contributed by atoms with Crippen molar-refractivity contribution in [3.05, 3.63) is 77.1 Å². The molecule has 2 nitrogen and oxygen atoms in total. The Labute approximate surface area is 166 Å². The van der Waals surface area contributed by atoms with Crippen molar-refractivity contribution < 1.29 is 4.74 Å². The van der Waals surface area contributed by atoms with E-state index in [0.29, 0.717) is 5.92 Å². The first-order valence-corrected chi connectivity index (χ1v) is 10.2. The molecule has 5 rings (SSSR count). The zero-order chi connectivity index (χ0) is 19.3. The van der Waals surface area contributed by atoms with Crippen LogP contribution in [-0.2, 0) is 6.42 Å². The molecule has 3 aromatic rings. The molecule has 1 aliphatic carbocycles. The summed E-state index contributed by atoms with van der Waals surface area (Å²) in [4.78, 5) is 4.72. The molecule has 0 bridgehead atoms. The zero-order valence-electron chi connectivity index (χ0n) is 16.8. The van der Waals surface area contributed by atoms with Gasteiger partial charge in [-0.05, 0) is 82.5 Å². The highest BCUT2D eigenvalue weighted by molar-refractivity contribution is 5.90. The lowest BCUT2D eigenvalue weighted by Gasteiger charge is -2.17. The Morgan fingerprint density at radius 3 is 2.54 bits per heavy atom. The number of allylic oxidation sites excluding steroid dienone is 2. The van der Waals surface area contributed by atoms with Gasteiger partial charge < -0.3 is 4.74 Å². The van der Waals surface area contributed by atoms with E-state index in [2.05, 4.69) is 69.3 Å². The first-order chi connectivity index (χ1) is 13.6. The lowest BCUT2D eigenvalue weighted by molar-refractivity contribution is 0.357. The average molecular weight is 367 g/mol. The topological polar surface area (TPSA) is 22.1 Å². The number of benzene rings is 2. The highest BCUT2D eigenvalue weighted by Gasteiger charge is 2.23. The van der Waals surface area contributed by atoms with E-state index in [0.717, 1.165) is 25.2 Å². The number of nitrogens with zero attached hydrogens (tertiary/aromatic N) is 1. The van der Waals surface area contributed by atoms with Crippen molar-refractivity contribution in [1.29, 1.82) is 0 Å². The predicted octanol–water partition coefficient (Wildman–Crippen LogP) is 6.57. The van der Waals surface area contributed by atoms with Crippen LogP contribution in [0.2, 0.25) is 0 Å². The largest absolute Gasteiger partial charge is 0.493 e. The molecule has 0 fully saturated rings. The molecule has 0 N–H and O–H groups in total. The summed E-state index contributed by atoms with van der Waals surface area (Å²) in [5.41, 5.74) is 11.7. The molecule has 0 saturated heterocycles. The van der Waals surface area contributed by atoms with Crippen LogP contribution in [0, 0.1) is 6.92 Å². The molecule has 0 unspecified atom stereocenters.